The topological polar surface area (TPSA) is 68.5 Å². The van der Waals surface area contributed by atoms with E-state index in [0.29, 0.717) is 35.2 Å². The van der Waals surface area contributed by atoms with Crippen LogP contribution in [0.4, 0.5) is 0 Å². The SMILES string of the molecule is COc1ccc2c(C)c(CCC(=O)NC(c3ccccc3)C3CC3C)c(=O)oc2c1. The molecule has 0 bridgehead atoms. The lowest BCUT2D eigenvalue weighted by Gasteiger charge is -2.19. The van der Waals surface area contributed by atoms with Crippen molar-refractivity contribution in [3.05, 3.63) is 75.6 Å². The van der Waals surface area contributed by atoms with Crippen LogP contribution in [0.1, 0.15) is 42.5 Å². The molecule has 1 amide bonds. The van der Waals surface area contributed by atoms with E-state index in [-0.39, 0.29) is 18.4 Å². The van der Waals surface area contributed by atoms with Crippen LogP contribution >= 0.6 is 0 Å². The molecule has 30 heavy (non-hydrogen) atoms. The molecule has 3 atom stereocenters. The molecular formula is C25H27NO4. The predicted octanol–water partition coefficient (Wildman–Crippen LogP) is 4.56. The molecule has 1 N–H and O–H groups in total. The number of benzene rings is 2. The summed E-state index contributed by atoms with van der Waals surface area (Å²) in [5.41, 5.74) is 2.65. The molecule has 0 spiro atoms. The summed E-state index contributed by atoms with van der Waals surface area (Å²) in [5.74, 6) is 1.68. The number of methoxy groups -OCH3 is 1. The van der Waals surface area contributed by atoms with Gasteiger partial charge in [-0.2, -0.15) is 0 Å². The Balaban J connectivity index is 1.49. The number of ether oxygens (including phenoxy) is 1. The molecule has 5 heteroatoms. The second kappa shape index (κ2) is 8.34. The van der Waals surface area contributed by atoms with Crippen molar-refractivity contribution in [3.8, 4) is 5.75 Å². The Morgan fingerprint density at radius 2 is 1.97 bits per heavy atom. The summed E-state index contributed by atoms with van der Waals surface area (Å²) in [7, 11) is 1.57. The number of fused-ring (bicyclic) bond motifs is 1. The van der Waals surface area contributed by atoms with Gasteiger partial charge in [0.15, 0.2) is 0 Å². The van der Waals surface area contributed by atoms with E-state index >= 15 is 0 Å². The van der Waals surface area contributed by atoms with Crippen LogP contribution in [0.25, 0.3) is 11.0 Å². The molecule has 1 aliphatic rings. The molecule has 1 fully saturated rings. The number of rotatable bonds is 7. The average Bonchev–Trinajstić information content (AvgIpc) is 3.48. The number of hydrogen-bond donors (Lipinski definition) is 1. The molecule has 156 valence electrons. The van der Waals surface area contributed by atoms with Crippen LogP contribution in [0.15, 0.2) is 57.7 Å². The Bertz CT molecular complexity index is 1120. The summed E-state index contributed by atoms with van der Waals surface area (Å²) in [6, 6.07) is 15.6. The van der Waals surface area contributed by atoms with Crippen molar-refractivity contribution in [2.24, 2.45) is 11.8 Å². The maximum absolute atomic E-state index is 12.7. The normalized spacial score (nSPS) is 18.8. The van der Waals surface area contributed by atoms with Gasteiger partial charge in [0.25, 0.3) is 0 Å². The summed E-state index contributed by atoms with van der Waals surface area (Å²) in [6.07, 6.45) is 1.72. The van der Waals surface area contributed by atoms with Crippen LogP contribution in [-0.4, -0.2) is 13.0 Å². The van der Waals surface area contributed by atoms with Gasteiger partial charge < -0.3 is 14.5 Å². The van der Waals surface area contributed by atoms with Crippen molar-refractivity contribution < 1.29 is 13.9 Å². The third-order valence-electron chi connectivity index (χ3n) is 6.17. The molecule has 4 rings (SSSR count). The summed E-state index contributed by atoms with van der Waals surface area (Å²) < 4.78 is 10.7. The maximum Gasteiger partial charge on any atom is 0.339 e. The first-order valence-corrected chi connectivity index (χ1v) is 10.4. The summed E-state index contributed by atoms with van der Waals surface area (Å²) in [6.45, 7) is 4.11. The lowest BCUT2D eigenvalue weighted by Crippen LogP contribution is -2.30. The number of carbonyl (C=O) groups excluding carboxylic acids is 1. The lowest BCUT2D eigenvalue weighted by atomic mass is 9.99. The van der Waals surface area contributed by atoms with E-state index in [4.69, 9.17) is 9.15 Å². The molecule has 1 heterocycles. The van der Waals surface area contributed by atoms with Crippen molar-refractivity contribution in [3.63, 3.8) is 0 Å². The predicted molar refractivity (Wildman–Crippen MR) is 117 cm³/mol. The first kappa shape index (κ1) is 20.2. The van der Waals surface area contributed by atoms with Crippen molar-refractivity contribution in [1.82, 2.24) is 5.32 Å². The minimum Gasteiger partial charge on any atom is -0.497 e. The van der Waals surface area contributed by atoms with Crippen molar-refractivity contribution in [2.75, 3.05) is 7.11 Å². The van der Waals surface area contributed by atoms with Gasteiger partial charge in [0.2, 0.25) is 5.91 Å². The molecular weight excluding hydrogens is 378 g/mol. The van der Waals surface area contributed by atoms with Gasteiger partial charge in [0, 0.05) is 23.4 Å². The first-order valence-electron chi connectivity index (χ1n) is 10.4. The summed E-state index contributed by atoms with van der Waals surface area (Å²) >= 11 is 0. The quantitative estimate of drug-likeness (QED) is 0.585. The highest BCUT2D eigenvalue weighted by Crippen LogP contribution is 2.46. The number of nitrogens with one attached hydrogen (secondary N) is 1. The first-order chi connectivity index (χ1) is 14.5. The molecule has 0 saturated heterocycles. The highest BCUT2D eigenvalue weighted by molar-refractivity contribution is 5.83. The fraction of sp³-hybridized carbons (Fsp3) is 0.360. The molecule has 2 aromatic carbocycles. The molecule has 5 nitrogen and oxygen atoms in total. The van der Waals surface area contributed by atoms with Crippen LogP contribution in [0.2, 0.25) is 0 Å². The van der Waals surface area contributed by atoms with Gasteiger partial charge >= 0.3 is 5.63 Å². The van der Waals surface area contributed by atoms with E-state index in [9.17, 15) is 9.59 Å². The van der Waals surface area contributed by atoms with E-state index in [1.807, 2.05) is 37.3 Å². The average molecular weight is 405 g/mol. The number of carbonyl (C=O) groups is 1. The molecule has 1 aromatic heterocycles. The molecule has 0 aliphatic heterocycles. The molecule has 0 radical (unpaired) electrons. The van der Waals surface area contributed by atoms with E-state index < -0.39 is 5.63 Å². The highest BCUT2D eigenvalue weighted by Gasteiger charge is 2.40. The van der Waals surface area contributed by atoms with Gasteiger partial charge in [-0.05, 0) is 54.9 Å². The van der Waals surface area contributed by atoms with Gasteiger partial charge in [-0.1, -0.05) is 37.3 Å². The molecule has 1 saturated carbocycles. The molecule has 3 aromatic rings. The van der Waals surface area contributed by atoms with Crippen LogP contribution < -0.4 is 15.7 Å². The minimum atomic E-state index is -0.392. The van der Waals surface area contributed by atoms with Crippen molar-refractivity contribution in [2.45, 2.75) is 39.2 Å². The Morgan fingerprint density at radius 3 is 2.63 bits per heavy atom. The van der Waals surface area contributed by atoms with Gasteiger partial charge in [0.1, 0.15) is 11.3 Å². The fourth-order valence-electron chi connectivity index (χ4n) is 4.19. The van der Waals surface area contributed by atoms with Gasteiger partial charge in [-0.15, -0.1) is 0 Å². The number of hydrogen-bond acceptors (Lipinski definition) is 4. The van der Waals surface area contributed by atoms with Crippen LogP contribution in [0, 0.1) is 18.8 Å². The van der Waals surface area contributed by atoms with Crippen LogP contribution in [-0.2, 0) is 11.2 Å². The third kappa shape index (κ3) is 4.11. The second-order valence-electron chi connectivity index (χ2n) is 8.19. The zero-order valence-corrected chi connectivity index (χ0v) is 17.6. The zero-order valence-electron chi connectivity index (χ0n) is 17.6. The van der Waals surface area contributed by atoms with E-state index in [2.05, 4.69) is 24.4 Å². The van der Waals surface area contributed by atoms with Crippen LogP contribution in [0.3, 0.4) is 0 Å². The Hall–Kier alpha value is -3.08. The van der Waals surface area contributed by atoms with Gasteiger partial charge in [-0.3, -0.25) is 4.79 Å². The van der Waals surface area contributed by atoms with E-state index in [1.54, 1.807) is 13.2 Å². The van der Waals surface area contributed by atoms with Crippen molar-refractivity contribution >= 4 is 16.9 Å². The lowest BCUT2D eigenvalue weighted by molar-refractivity contribution is -0.122. The summed E-state index contributed by atoms with van der Waals surface area (Å²) in [4.78, 5) is 25.3. The van der Waals surface area contributed by atoms with Crippen LogP contribution in [0.5, 0.6) is 5.75 Å². The van der Waals surface area contributed by atoms with E-state index in [1.165, 1.54) is 0 Å². The van der Waals surface area contributed by atoms with E-state index in [0.717, 1.165) is 22.9 Å². The smallest absolute Gasteiger partial charge is 0.339 e. The Morgan fingerprint density at radius 1 is 1.23 bits per heavy atom. The molecule has 1 aliphatic carbocycles. The standard InChI is InChI=1S/C25H27NO4/c1-15-13-21(15)24(17-7-5-4-6-8-17)26-23(27)12-11-20-16(2)19-10-9-18(29-3)14-22(19)30-25(20)28/h4-10,14-15,21,24H,11-13H2,1-3H3,(H,26,27). The Kier molecular flexibility index (Phi) is 5.62. The zero-order chi connectivity index (χ0) is 21.3. The maximum atomic E-state index is 12.7. The minimum absolute atomic E-state index is 0.0234. The Labute approximate surface area is 176 Å². The number of amides is 1. The number of aryl methyl sites for hydroxylation is 1. The van der Waals surface area contributed by atoms with Gasteiger partial charge in [0.05, 0.1) is 13.2 Å². The largest absolute Gasteiger partial charge is 0.497 e. The highest BCUT2D eigenvalue weighted by atomic mass is 16.5. The van der Waals surface area contributed by atoms with Crippen molar-refractivity contribution in [1.29, 1.82) is 0 Å². The monoisotopic (exact) mass is 405 g/mol. The fourth-order valence-corrected chi connectivity index (χ4v) is 4.19. The second-order valence-corrected chi connectivity index (χ2v) is 8.19. The molecule has 3 unspecified atom stereocenters. The van der Waals surface area contributed by atoms with Gasteiger partial charge in [-0.25, -0.2) is 4.79 Å². The summed E-state index contributed by atoms with van der Waals surface area (Å²) in [5, 5.41) is 4.06. The third-order valence-corrected chi connectivity index (χ3v) is 6.17.